The monoisotopic (exact) mass is 397 g/mol. The predicted octanol–water partition coefficient (Wildman–Crippen LogP) is 4.06. The molecule has 0 fully saturated rings. The Morgan fingerprint density at radius 3 is 2.95 bits per heavy atom. The summed E-state index contributed by atoms with van der Waals surface area (Å²) in [5, 5.41) is 0.746. The summed E-state index contributed by atoms with van der Waals surface area (Å²) in [7, 11) is 1.92. The number of benzene rings is 1. The zero-order chi connectivity index (χ0) is 14.7. The van der Waals surface area contributed by atoms with Crippen LogP contribution in [0.5, 0.6) is 0 Å². The van der Waals surface area contributed by atoms with Gasteiger partial charge in [-0.1, -0.05) is 0 Å². The van der Waals surface area contributed by atoms with E-state index in [1.165, 1.54) is 18.3 Å². The lowest BCUT2D eigenvalue weighted by Crippen LogP contribution is -2.16. The molecule has 3 nitrogen and oxygen atoms in total. The van der Waals surface area contributed by atoms with Crippen LogP contribution in [0.15, 0.2) is 24.4 Å². The van der Waals surface area contributed by atoms with Crippen LogP contribution >= 0.6 is 22.6 Å². The molecule has 1 aliphatic rings. The fraction of sp³-hybridized carbons (Fsp3) is 0.133. The Hall–Kier alpha value is -1.70. The van der Waals surface area contributed by atoms with E-state index in [1.807, 2.05) is 11.9 Å². The minimum atomic E-state index is -0.429. The van der Waals surface area contributed by atoms with E-state index in [1.54, 1.807) is 6.07 Å². The minimum Gasteiger partial charge on any atom is -0.370 e. The Balaban J connectivity index is 2.22. The van der Waals surface area contributed by atoms with Crippen molar-refractivity contribution in [1.29, 1.82) is 0 Å². The Labute approximate surface area is 133 Å². The molecule has 1 N–H and O–H groups in total. The van der Waals surface area contributed by atoms with Crippen LogP contribution in [-0.4, -0.2) is 17.0 Å². The van der Waals surface area contributed by atoms with E-state index < -0.39 is 5.82 Å². The smallest absolute Gasteiger partial charge is 0.150 e. The number of anilines is 1. The standard InChI is InChI=1S/C15H10F2IN3/c1-21-6-9-13-12(8-4-7(16)2-3-11(8)21)10(17)5-19-15(13)20-14(9)18/h2-5H,6H2,1H3,(H,19,20). The average Bonchev–Trinajstić information content (AvgIpc) is 2.68. The first-order chi connectivity index (χ1) is 10.1. The highest BCUT2D eigenvalue weighted by atomic mass is 127. The third-order valence-corrected chi connectivity index (χ3v) is 4.78. The van der Waals surface area contributed by atoms with Crippen molar-refractivity contribution >= 4 is 39.3 Å². The van der Waals surface area contributed by atoms with Gasteiger partial charge in [0.1, 0.15) is 17.3 Å². The van der Waals surface area contributed by atoms with Gasteiger partial charge in [0, 0.05) is 41.4 Å². The van der Waals surface area contributed by atoms with E-state index in [9.17, 15) is 8.78 Å². The second-order valence-electron chi connectivity index (χ2n) is 5.14. The molecule has 6 heteroatoms. The van der Waals surface area contributed by atoms with Gasteiger partial charge in [-0.05, 0) is 40.8 Å². The summed E-state index contributed by atoms with van der Waals surface area (Å²) >= 11 is 2.19. The Bertz CT molecular complexity index is 888. The molecule has 0 bridgehead atoms. The zero-order valence-electron chi connectivity index (χ0n) is 11.0. The molecule has 0 radical (unpaired) electrons. The van der Waals surface area contributed by atoms with Gasteiger partial charge in [0.15, 0.2) is 0 Å². The highest BCUT2D eigenvalue weighted by Crippen LogP contribution is 2.42. The number of hydrogen-bond donors (Lipinski definition) is 1. The van der Waals surface area contributed by atoms with Crippen LogP contribution in [0.1, 0.15) is 5.56 Å². The van der Waals surface area contributed by atoms with Crippen molar-refractivity contribution in [2.75, 3.05) is 11.9 Å². The third kappa shape index (κ3) is 1.78. The van der Waals surface area contributed by atoms with E-state index in [0.29, 0.717) is 23.3 Å². The normalized spacial score (nSPS) is 13.4. The molecule has 1 aromatic carbocycles. The number of halogens is 3. The minimum absolute atomic E-state index is 0.375. The quantitative estimate of drug-likeness (QED) is 0.581. The van der Waals surface area contributed by atoms with Crippen LogP contribution in [0.3, 0.4) is 0 Å². The van der Waals surface area contributed by atoms with Gasteiger partial charge < -0.3 is 9.88 Å². The van der Waals surface area contributed by atoms with Gasteiger partial charge in [0.25, 0.3) is 0 Å². The van der Waals surface area contributed by atoms with Crippen molar-refractivity contribution in [1.82, 2.24) is 9.97 Å². The maximum atomic E-state index is 14.4. The summed E-state index contributed by atoms with van der Waals surface area (Å²) in [6.07, 6.45) is 1.19. The number of aromatic amines is 1. The summed E-state index contributed by atoms with van der Waals surface area (Å²) in [5.41, 5.74) is 3.43. The first-order valence-electron chi connectivity index (χ1n) is 6.42. The van der Waals surface area contributed by atoms with Crippen molar-refractivity contribution in [3.63, 3.8) is 0 Å². The van der Waals surface area contributed by atoms with Crippen LogP contribution in [-0.2, 0) is 6.54 Å². The van der Waals surface area contributed by atoms with Crippen molar-refractivity contribution in [3.05, 3.63) is 45.3 Å². The molecule has 0 unspecified atom stereocenters. The van der Waals surface area contributed by atoms with E-state index >= 15 is 0 Å². The second kappa shape index (κ2) is 4.40. The molecule has 1 aliphatic heterocycles. The van der Waals surface area contributed by atoms with Gasteiger partial charge in [-0.3, -0.25) is 0 Å². The zero-order valence-corrected chi connectivity index (χ0v) is 13.2. The van der Waals surface area contributed by atoms with Gasteiger partial charge >= 0.3 is 0 Å². The molecule has 0 spiro atoms. The number of fused-ring (bicyclic) bond motifs is 2. The first-order valence-corrected chi connectivity index (χ1v) is 7.49. The van der Waals surface area contributed by atoms with Crippen LogP contribution < -0.4 is 4.90 Å². The van der Waals surface area contributed by atoms with Crippen LogP contribution in [0.25, 0.3) is 22.2 Å². The Morgan fingerprint density at radius 1 is 1.33 bits per heavy atom. The molecule has 21 heavy (non-hydrogen) atoms. The van der Waals surface area contributed by atoms with E-state index in [4.69, 9.17) is 0 Å². The second-order valence-corrected chi connectivity index (χ2v) is 6.22. The van der Waals surface area contributed by atoms with Crippen molar-refractivity contribution < 1.29 is 8.78 Å². The van der Waals surface area contributed by atoms with Crippen molar-refractivity contribution in [3.8, 4) is 11.1 Å². The molecule has 2 aromatic heterocycles. The third-order valence-electron chi connectivity index (χ3n) is 3.86. The Kier molecular flexibility index (Phi) is 2.72. The van der Waals surface area contributed by atoms with E-state index in [-0.39, 0.29) is 5.82 Å². The van der Waals surface area contributed by atoms with Crippen LogP contribution in [0.2, 0.25) is 0 Å². The number of pyridine rings is 1. The van der Waals surface area contributed by atoms with E-state index in [2.05, 4.69) is 32.6 Å². The number of H-pyrrole nitrogens is 1. The van der Waals surface area contributed by atoms with Crippen LogP contribution in [0.4, 0.5) is 14.5 Å². The lowest BCUT2D eigenvalue weighted by molar-refractivity contribution is 0.623. The number of hydrogen-bond acceptors (Lipinski definition) is 2. The van der Waals surface area contributed by atoms with Gasteiger partial charge in [0.2, 0.25) is 0 Å². The number of rotatable bonds is 0. The maximum Gasteiger partial charge on any atom is 0.150 e. The lowest BCUT2D eigenvalue weighted by Gasteiger charge is -2.20. The van der Waals surface area contributed by atoms with Crippen molar-refractivity contribution in [2.24, 2.45) is 0 Å². The molecule has 0 amide bonds. The maximum absolute atomic E-state index is 14.4. The summed E-state index contributed by atoms with van der Waals surface area (Å²) in [4.78, 5) is 9.29. The first kappa shape index (κ1) is 13.0. The molecule has 106 valence electrons. The van der Waals surface area contributed by atoms with Gasteiger partial charge in [-0.15, -0.1) is 0 Å². The largest absolute Gasteiger partial charge is 0.370 e. The molecule has 3 heterocycles. The highest BCUT2D eigenvalue weighted by Gasteiger charge is 2.26. The number of nitrogens with one attached hydrogen (secondary N) is 1. The van der Waals surface area contributed by atoms with E-state index in [0.717, 1.165) is 20.3 Å². The van der Waals surface area contributed by atoms with Crippen LogP contribution in [0, 0.1) is 15.3 Å². The lowest BCUT2D eigenvalue weighted by atomic mass is 10.0. The molecule has 0 atom stereocenters. The van der Waals surface area contributed by atoms with Gasteiger partial charge in [-0.2, -0.15) is 0 Å². The topological polar surface area (TPSA) is 31.9 Å². The fourth-order valence-electron chi connectivity index (χ4n) is 2.94. The number of nitrogens with zero attached hydrogens (tertiary/aromatic N) is 2. The summed E-state index contributed by atoms with van der Waals surface area (Å²) in [5.74, 6) is -0.804. The molecule has 0 aliphatic carbocycles. The number of aromatic nitrogens is 2. The highest BCUT2D eigenvalue weighted by molar-refractivity contribution is 14.1. The molecule has 3 aromatic rings. The molecule has 0 saturated carbocycles. The molecule has 4 rings (SSSR count). The summed E-state index contributed by atoms with van der Waals surface area (Å²) < 4.78 is 29.1. The van der Waals surface area contributed by atoms with Gasteiger partial charge in [0.05, 0.1) is 9.90 Å². The average molecular weight is 397 g/mol. The van der Waals surface area contributed by atoms with Crippen molar-refractivity contribution in [2.45, 2.75) is 6.54 Å². The molecule has 0 saturated heterocycles. The molecular weight excluding hydrogens is 387 g/mol. The predicted molar refractivity (Wildman–Crippen MR) is 86.3 cm³/mol. The fourth-order valence-corrected chi connectivity index (χ4v) is 3.64. The SMILES string of the molecule is CN1Cc2c(I)[nH]c3ncc(F)c(c23)-c2cc(F)ccc21. The molecular formula is C15H10F2IN3. The van der Waals surface area contributed by atoms with Gasteiger partial charge in [-0.25, -0.2) is 13.8 Å². The summed E-state index contributed by atoms with van der Waals surface area (Å²) in [6.45, 7) is 0.620. The summed E-state index contributed by atoms with van der Waals surface area (Å²) in [6, 6.07) is 4.48. The Morgan fingerprint density at radius 2 is 2.14 bits per heavy atom.